The minimum Gasteiger partial charge on any atom is -0.481 e. The van der Waals surface area contributed by atoms with Crippen LogP contribution in [0.15, 0.2) is 24.3 Å². The number of carboxylic acid groups (broad SMARTS) is 1. The molecule has 0 radical (unpaired) electrons. The second kappa shape index (κ2) is 15.3. The zero-order chi connectivity index (χ0) is 19.3. The molecule has 0 aliphatic rings. The Labute approximate surface area is 135 Å². The maximum Gasteiger partial charge on any atom is 0.303 e. The van der Waals surface area contributed by atoms with Crippen LogP contribution in [0.1, 0.15) is 82.9 Å². The number of hydrogen-bond donors (Lipinski definition) is 2. The summed E-state index contributed by atoms with van der Waals surface area (Å²) in [4.78, 5) is 10.8. The van der Waals surface area contributed by atoms with E-state index in [0.29, 0.717) is 25.7 Å². The Balaban J connectivity index is 3.92. The van der Waals surface area contributed by atoms with Gasteiger partial charge in [-0.1, -0.05) is 69.8 Å². The fourth-order valence-corrected chi connectivity index (χ4v) is 1.86. The van der Waals surface area contributed by atoms with Crippen molar-refractivity contribution in [3.8, 4) is 0 Å². The summed E-state index contributed by atoms with van der Waals surface area (Å²) in [5.74, 6) is -1.78. The van der Waals surface area contributed by atoms with Crippen LogP contribution in [0.5, 0.6) is 0 Å². The lowest BCUT2D eigenvalue weighted by Gasteiger charge is -2.04. The summed E-state index contributed by atoms with van der Waals surface area (Å²) in [7, 11) is 0. The number of rotatable bonds is 14. The molecule has 1 atom stereocenters. The number of allylic oxidation sites excluding steroid dienone is 3. The molecule has 21 heavy (non-hydrogen) atoms. The summed E-state index contributed by atoms with van der Waals surface area (Å²) in [6.45, 7) is 2.16. The number of carboxylic acids is 1. The van der Waals surface area contributed by atoms with Crippen molar-refractivity contribution >= 4 is 5.97 Å². The molecule has 2 N–H and O–H groups in total. The Morgan fingerprint density at radius 2 is 1.90 bits per heavy atom. The number of aliphatic carboxylic acids is 1. The minimum atomic E-state index is -2.89. The molecule has 122 valence electrons. The lowest BCUT2D eigenvalue weighted by atomic mass is 10.1. The maximum absolute atomic E-state index is 10.8. The van der Waals surface area contributed by atoms with Crippen molar-refractivity contribution in [3.63, 3.8) is 0 Å². The van der Waals surface area contributed by atoms with Gasteiger partial charge < -0.3 is 10.2 Å². The highest BCUT2D eigenvalue weighted by atomic mass is 16.4. The third-order valence-electron chi connectivity index (χ3n) is 3.05. The molecule has 0 aliphatic heterocycles. The van der Waals surface area contributed by atoms with Gasteiger partial charge in [0.1, 0.15) is 0 Å². The third-order valence-corrected chi connectivity index (χ3v) is 3.05. The van der Waals surface area contributed by atoms with Gasteiger partial charge in [-0.25, -0.2) is 0 Å². The van der Waals surface area contributed by atoms with E-state index in [0.717, 1.165) is 6.42 Å². The molecule has 0 rings (SSSR count). The smallest absolute Gasteiger partial charge is 0.303 e. The summed E-state index contributed by atoms with van der Waals surface area (Å²) in [6, 6.07) is 0. The molecule has 0 unspecified atom stereocenters. The minimum absolute atomic E-state index is 0.154. The van der Waals surface area contributed by atoms with Gasteiger partial charge >= 0.3 is 5.97 Å². The lowest BCUT2D eigenvalue weighted by Crippen LogP contribution is -2.01. The van der Waals surface area contributed by atoms with Gasteiger partial charge in [-0.15, -0.1) is 0 Å². The fraction of sp³-hybridized carbons (Fsp3) is 0.722. The van der Waals surface area contributed by atoms with E-state index >= 15 is 0 Å². The first-order chi connectivity index (χ1) is 11.6. The van der Waals surface area contributed by atoms with Crippen LogP contribution in [0, 0.1) is 0 Å². The van der Waals surface area contributed by atoms with Gasteiger partial charge in [0, 0.05) is 11.9 Å². The van der Waals surface area contributed by atoms with Crippen molar-refractivity contribution in [3.05, 3.63) is 24.3 Å². The van der Waals surface area contributed by atoms with Crippen molar-refractivity contribution in [2.75, 3.05) is 0 Å². The molecule has 3 nitrogen and oxygen atoms in total. The molecule has 0 fully saturated rings. The molecule has 0 bridgehead atoms. The van der Waals surface area contributed by atoms with E-state index in [1.807, 2.05) is 12.2 Å². The van der Waals surface area contributed by atoms with E-state index in [1.165, 1.54) is 19.3 Å². The molecule has 0 aromatic rings. The molecule has 3 heteroatoms. The van der Waals surface area contributed by atoms with Gasteiger partial charge in [-0.2, -0.15) is 0 Å². The highest BCUT2D eigenvalue weighted by Gasteiger charge is 1.99. The molecule has 0 saturated carbocycles. The Morgan fingerprint density at radius 3 is 2.62 bits per heavy atom. The number of aliphatic hydroxyl groups is 1. The van der Waals surface area contributed by atoms with Crippen LogP contribution < -0.4 is 0 Å². The molecule has 0 spiro atoms. The summed E-state index contributed by atoms with van der Waals surface area (Å²) in [6.07, 6.45) is 8.44. The molecular weight excluding hydrogens is 264 g/mol. The van der Waals surface area contributed by atoms with Gasteiger partial charge in [0.15, 0.2) is 0 Å². The largest absolute Gasteiger partial charge is 0.481 e. The van der Waals surface area contributed by atoms with Crippen LogP contribution in [-0.4, -0.2) is 22.3 Å². The summed E-state index contributed by atoms with van der Waals surface area (Å²) in [5, 5.41) is 18.6. The Bertz CT molecular complexity index is 434. The summed E-state index contributed by atoms with van der Waals surface area (Å²) < 4.78 is 29.8. The average Bonchev–Trinajstić information content (AvgIpc) is 2.53. The summed E-state index contributed by atoms with van der Waals surface area (Å²) in [5.41, 5.74) is 0. The standard InChI is InChI=1S/C18H32O3/c1-2-3-4-5-6-8-11-14-17(19)15-12-9-7-10-13-16-18(20)21/h6,8,11,14,17,19H,2-5,7,9-10,12-13,15-16H2,1H3,(H,20,21)/b8-6-,14-11+/t17-/m1/s1/i13D2,16D2. The first-order valence-corrected chi connectivity index (χ1v) is 7.90. The van der Waals surface area contributed by atoms with Crippen molar-refractivity contribution in [2.24, 2.45) is 0 Å². The first kappa shape index (κ1) is 13.6. The topological polar surface area (TPSA) is 57.5 Å². The molecule has 0 aromatic carbocycles. The van der Waals surface area contributed by atoms with Crippen molar-refractivity contribution in [1.29, 1.82) is 0 Å². The van der Waals surface area contributed by atoms with E-state index < -0.39 is 24.8 Å². The Hall–Kier alpha value is -1.09. The predicted molar refractivity (Wildman–Crippen MR) is 88.4 cm³/mol. The van der Waals surface area contributed by atoms with E-state index in [4.69, 9.17) is 10.6 Å². The van der Waals surface area contributed by atoms with E-state index in [9.17, 15) is 9.90 Å². The number of carbonyl (C=O) groups is 1. The van der Waals surface area contributed by atoms with Gasteiger partial charge in [0.2, 0.25) is 0 Å². The van der Waals surface area contributed by atoms with Crippen LogP contribution in [0.2, 0.25) is 0 Å². The monoisotopic (exact) mass is 300 g/mol. The zero-order valence-corrected chi connectivity index (χ0v) is 13.1. The number of hydrogen-bond acceptors (Lipinski definition) is 2. The second-order valence-corrected chi connectivity index (χ2v) is 5.08. The van der Waals surface area contributed by atoms with Crippen molar-refractivity contribution in [1.82, 2.24) is 0 Å². The SMILES string of the molecule is [2H]C([2H])(CCCCC[C@H](O)/C=C/C=C\CCCCC)C([2H])([2H])C(=O)O. The second-order valence-electron chi connectivity index (χ2n) is 5.08. The molecule has 0 saturated heterocycles. The predicted octanol–water partition coefficient (Wildman–Crippen LogP) is 4.86. The van der Waals surface area contributed by atoms with Gasteiger partial charge in [-0.3, -0.25) is 4.79 Å². The normalized spacial score (nSPS) is 17.4. The van der Waals surface area contributed by atoms with Crippen LogP contribution >= 0.6 is 0 Å². The van der Waals surface area contributed by atoms with E-state index in [1.54, 1.807) is 6.08 Å². The van der Waals surface area contributed by atoms with Crippen molar-refractivity contribution in [2.45, 2.75) is 83.6 Å². The van der Waals surface area contributed by atoms with Crippen LogP contribution in [0.3, 0.4) is 0 Å². The van der Waals surface area contributed by atoms with E-state index in [2.05, 4.69) is 13.0 Å². The molecule has 0 aromatic heterocycles. The van der Waals surface area contributed by atoms with Crippen molar-refractivity contribution < 1.29 is 20.5 Å². The fourth-order valence-electron chi connectivity index (χ4n) is 1.86. The number of aliphatic hydroxyl groups excluding tert-OH is 1. The third kappa shape index (κ3) is 16.9. The van der Waals surface area contributed by atoms with Gasteiger partial charge in [-0.05, 0) is 25.6 Å². The quantitative estimate of drug-likeness (QED) is 0.356. The Morgan fingerprint density at radius 1 is 1.14 bits per heavy atom. The lowest BCUT2D eigenvalue weighted by molar-refractivity contribution is -0.137. The first-order valence-electron chi connectivity index (χ1n) is 9.90. The molecule has 0 aliphatic carbocycles. The average molecular weight is 300 g/mol. The molecular formula is C18H32O3. The van der Waals surface area contributed by atoms with Crippen LogP contribution in [0.25, 0.3) is 0 Å². The van der Waals surface area contributed by atoms with Gasteiger partial charge in [0.25, 0.3) is 0 Å². The zero-order valence-electron chi connectivity index (χ0n) is 17.1. The van der Waals surface area contributed by atoms with Crippen LogP contribution in [0.4, 0.5) is 0 Å². The summed E-state index contributed by atoms with van der Waals surface area (Å²) >= 11 is 0. The number of unbranched alkanes of at least 4 members (excludes halogenated alkanes) is 5. The molecule has 0 amide bonds. The van der Waals surface area contributed by atoms with Crippen LogP contribution in [-0.2, 0) is 4.79 Å². The van der Waals surface area contributed by atoms with Gasteiger partial charge in [0.05, 0.1) is 6.10 Å². The Kier molecular flexibility index (Phi) is 9.88. The van der Waals surface area contributed by atoms with E-state index in [-0.39, 0.29) is 6.42 Å². The highest BCUT2D eigenvalue weighted by molar-refractivity contribution is 5.66. The maximum atomic E-state index is 10.8. The molecule has 0 heterocycles. The highest BCUT2D eigenvalue weighted by Crippen LogP contribution is 2.09.